The number of fused-ring (bicyclic) bond motifs is 2. The van der Waals surface area contributed by atoms with E-state index < -0.39 is 10.4 Å². The zero-order valence-electron chi connectivity index (χ0n) is 20.0. The molecule has 0 saturated heterocycles. The van der Waals surface area contributed by atoms with Gasteiger partial charge >= 0.3 is 10.4 Å². The van der Waals surface area contributed by atoms with E-state index in [-0.39, 0.29) is 0 Å². The molecule has 6 N–H and O–H groups in total. The molecule has 2 heterocycles. The molecule has 0 aliphatic carbocycles. The van der Waals surface area contributed by atoms with Crippen LogP contribution < -0.4 is 21.3 Å². The van der Waals surface area contributed by atoms with Crippen LogP contribution in [-0.4, -0.2) is 55.6 Å². The molecule has 0 unspecified atom stereocenters. The monoisotopic (exact) mass is 520 g/mol. The zero-order valence-corrected chi connectivity index (χ0v) is 20.8. The summed E-state index contributed by atoms with van der Waals surface area (Å²) in [7, 11) is -4.67. The van der Waals surface area contributed by atoms with Gasteiger partial charge in [-0.15, -0.1) is 0 Å². The lowest BCUT2D eigenvalue weighted by atomic mass is 10.1. The molecule has 0 aromatic heterocycles. The normalized spacial score (nSPS) is 15.0. The average Bonchev–Trinajstić information content (AvgIpc) is 3.50. The number of hydrogen-bond acceptors (Lipinski definition) is 8. The van der Waals surface area contributed by atoms with Crippen LogP contribution >= 0.6 is 0 Å². The highest BCUT2D eigenvalue weighted by atomic mass is 32.3. The summed E-state index contributed by atoms with van der Waals surface area (Å²) in [5, 5.41) is 4.93. The van der Waals surface area contributed by atoms with Crippen molar-refractivity contribution < 1.29 is 17.5 Å². The number of benzene rings is 4. The Morgan fingerprint density at radius 1 is 0.622 bits per heavy atom. The van der Waals surface area contributed by atoms with Crippen LogP contribution in [0.5, 0.6) is 0 Å². The van der Waals surface area contributed by atoms with Gasteiger partial charge in [-0.2, -0.15) is 8.42 Å². The molecule has 10 nitrogen and oxygen atoms in total. The minimum absolute atomic E-state index is 0.622. The van der Waals surface area contributed by atoms with Crippen molar-refractivity contribution >= 4 is 55.2 Å². The summed E-state index contributed by atoms with van der Waals surface area (Å²) < 4.78 is 31.6. The highest BCUT2D eigenvalue weighted by molar-refractivity contribution is 7.79. The maximum Gasteiger partial charge on any atom is 0.394 e. The third-order valence-electron chi connectivity index (χ3n) is 5.86. The van der Waals surface area contributed by atoms with Crippen molar-refractivity contribution in [3.05, 3.63) is 84.9 Å². The molecule has 2 aliphatic rings. The summed E-state index contributed by atoms with van der Waals surface area (Å²) in [4.78, 5) is 12.6. The summed E-state index contributed by atoms with van der Waals surface area (Å²) >= 11 is 0. The van der Waals surface area contributed by atoms with Crippen LogP contribution in [0.25, 0.3) is 21.5 Å². The summed E-state index contributed by atoms with van der Waals surface area (Å²) in [5.74, 6) is 1.24. The summed E-state index contributed by atoms with van der Waals surface area (Å²) in [5.41, 5.74) is 14.1. The van der Waals surface area contributed by atoms with Crippen LogP contribution in [0.3, 0.4) is 0 Å². The van der Waals surface area contributed by atoms with Gasteiger partial charge in [0.25, 0.3) is 0 Å². The van der Waals surface area contributed by atoms with Gasteiger partial charge in [-0.05, 0) is 22.9 Å². The van der Waals surface area contributed by atoms with Crippen LogP contribution in [-0.2, 0) is 10.4 Å². The Morgan fingerprint density at radius 2 is 0.973 bits per heavy atom. The minimum Gasteiger partial charge on any atom is -0.370 e. The lowest BCUT2D eigenvalue weighted by molar-refractivity contribution is 0.381. The van der Waals surface area contributed by atoms with Crippen LogP contribution in [0, 0.1) is 0 Å². The van der Waals surface area contributed by atoms with E-state index in [2.05, 4.69) is 92.6 Å². The van der Waals surface area contributed by atoms with E-state index in [1.54, 1.807) is 0 Å². The Balaban J connectivity index is 0.000000147. The topological polar surface area (TPSA) is 158 Å². The van der Waals surface area contributed by atoms with E-state index in [0.717, 1.165) is 37.6 Å². The number of anilines is 2. The Hall–Kier alpha value is -4.19. The molecule has 192 valence electrons. The predicted octanol–water partition coefficient (Wildman–Crippen LogP) is 3.30. The molecule has 0 radical (unpaired) electrons. The fourth-order valence-electron chi connectivity index (χ4n) is 4.30. The second kappa shape index (κ2) is 11.2. The lowest BCUT2D eigenvalue weighted by Gasteiger charge is -2.19. The first-order valence-corrected chi connectivity index (χ1v) is 12.9. The van der Waals surface area contributed by atoms with Crippen LogP contribution in [0.2, 0.25) is 0 Å². The predicted molar refractivity (Wildman–Crippen MR) is 150 cm³/mol. The Labute approximate surface area is 215 Å². The highest BCUT2D eigenvalue weighted by Crippen LogP contribution is 2.28. The fourth-order valence-corrected chi connectivity index (χ4v) is 4.30. The minimum atomic E-state index is -4.67. The van der Waals surface area contributed by atoms with Crippen LogP contribution in [0.15, 0.2) is 94.9 Å². The quantitative estimate of drug-likeness (QED) is 0.293. The molecule has 2 aliphatic heterocycles. The third kappa shape index (κ3) is 6.53. The molecule has 11 heteroatoms. The fraction of sp³-hybridized carbons (Fsp3) is 0.154. The maximum atomic E-state index is 8.74. The van der Waals surface area contributed by atoms with E-state index in [1.807, 2.05) is 12.1 Å². The zero-order chi connectivity index (χ0) is 26.4. The highest BCUT2D eigenvalue weighted by Gasteiger charge is 2.18. The molecule has 0 spiro atoms. The molecule has 0 bridgehead atoms. The molecule has 37 heavy (non-hydrogen) atoms. The Morgan fingerprint density at radius 3 is 1.32 bits per heavy atom. The summed E-state index contributed by atoms with van der Waals surface area (Å²) in [6, 6.07) is 29.2. The summed E-state index contributed by atoms with van der Waals surface area (Å²) in [6.45, 7) is 3.32. The smallest absolute Gasteiger partial charge is 0.370 e. The number of aliphatic imine (C=N–C) groups is 2. The number of hydrogen-bond donors (Lipinski definition) is 4. The van der Waals surface area contributed by atoms with E-state index in [4.69, 9.17) is 29.0 Å². The van der Waals surface area contributed by atoms with Crippen molar-refractivity contribution in [3.8, 4) is 0 Å². The molecule has 0 saturated carbocycles. The molecule has 4 aromatic carbocycles. The van der Waals surface area contributed by atoms with Crippen molar-refractivity contribution in [2.75, 3.05) is 36.0 Å². The SMILES string of the molecule is NC1=NCCN1c1cccc2ccccc12.NC1=NCCN1c1cccc2ccccc12.O=S(=O)(O)O. The average molecular weight is 521 g/mol. The van der Waals surface area contributed by atoms with E-state index >= 15 is 0 Å². The van der Waals surface area contributed by atoms with Crippen molar-refractivity contribution in [1.82, 2.24) is 0 Å². The maximum absolute atomic E-state index is 8.74. The van der Waals surface area contributed by atoms with Gasteiger partial charge in [0.1, 0.15) is 0 Å². The van der Waals surface area contributed by atoms with E-state index in [9.17, 15) is 0 Å². The second-order valence-electron chi connectivity index (χ2n) is 8.23. The molecule has 0 amide bonds. The number of nitrogens with two attached hydrogens (primary N) is 2. The molecule has 0 atom stereocenters. The molecular formula is C26H28N6O4S. The molecule has 4 aromatic rings. The molecular weight excluding hydrogens is 492 g/mol. The van der Waals surface area contributed by atoms with Gasteiger partial charge in [0, 0.05) is 23.9 Å². The first-order chi connectivity index (χ1) is 17.7. The Kier molecular flexibility index (Phi) is 7.87. The van der Waals surface area contributed by atoms with E-state index in [0.29, 0.717) is 11.9 Å². The first kappa shape index (κ1) is 25.9. The summed E-state index contributed by atoms with van der Waals surface area (Å²) in [6.07, 6.45) is 0. The molecule has 6 rings (SSSR count). The number of nitrogens with zero attached hydrogens (tertiary/aromatic N) is 4. The van der Waals surface area contributed by atoms with Gasteiger partial charge in [0.2, 0.25) is 0 Å². The van der Waals surface area contributed by atoms with Crippen LogP contribution in [0.1, 0.15) is 0 Å². The van der Waals surface area contributed by atoms with Gasteiger partial charge in [-0.25, -0.2) is 0 Å². The first-order valence-electron chi connectivity index (χ1n) is 11.5. The Bertz CT molecular complexity index is 1450. The molecule has 0 fully saturated rings. The van der Waals surface area contributed by atoms with Gasteiger partial charge in [0.15, 0.2) is 11.9 Å². The van der Waals surface area contributed by atoms with Gasteiger partial charge in [-0.1, -0.05) is 72.8 Å². The van der Waals surface area contributed by atoms with Crippen molar-refractivity contribution in [3.63, 3.8) is 0 Å². The van der Waals surface area contributed by atoms with Gasteiger partial charge in [-0.3, -0.25) is 19.1 Å². The third-order valence-corrected chi connectivity index (χ3v) is 5.86. The standard InChI is InChI=1S/2C13H13N3.H2O4S/c2*14-13-15-8-9-16(13)12-7-3-5-10-4-1-2-6-11(10)12;1-5(2,3)4/h2*1-7H,8-9H2,(H2,14,15);(H2,1,2,3,4). The van der Waals surface area contributed by atoms with Crippen molar-refractivity contribution in [1.29, 1.82) is 0 Å². The van der Waals surface area contributed by atoms with E-state index in [1.165, 1.54) is 21.5 Å². The number of guanidine groups is 2. The van der Waals surface area contributed by atoms with Gasteiger partial charge in [0.05, 0.1) is 24.5 Å². The number of rotatable bonds is 2. The van der Waals surface area contributed by atoms with Gasteiger partial charge < -0.3 is 21.3 Å². The van der Waals surface area contributed by atoms with Crippen LogP contribution in [0.4, 0.5) is 11.4 Å². The second-order valence-corrected chi connectivity index (χ2v) is 9.12. The van der Waals surface area contributed by atoms with Crippen molar-refractivity contribution in [2.45, 2.75) is 0 Å². The lowest BCUT2D eigenvalue weighted by Crippen LogP contribution is -2.33. The largest absolute Gasteiger partial charge is 0.394 e. The van der Waals surface area contributed by atoms with Crippen molar-refractivity contribution in [2.24, 2.45) is 21.5 Å².